The highest BCUT2D eigenvalue weighted by Gasteiger charge is 2.45. The van der Waals surface area contributed by atoms with Crippen LogP contribution in [0.25, 0.3) is 5.76 Å². The van der Waals surface area contributed by atoms with Crippen LogP contribution < -0.4 is 4.90 Å². The number of hydrogen-bond donors (Lipinski definition) is 1. The van der Waals surface area contributed by atoms with E-state index in [1.165, 1.54) is 0 Å². The molecule has 1 atom stereocenters. The molecule has 2 heterocycles. The molecule has 0 radical (unpaired) electrons. The molecule has 0 bridgehead atoms. The summed E-state index contributed by atoms with van der Waals surface area (Å²) in [7, 11) is 3.92. The third-order valence-corrected chi connectivity index (χ3v) is 6.57. The zero-order valence-corrected chi connectivity index (χ0v) is 20.2. The van der Waals surface area contributed by atoms with Gasteiger partial charge in [0.1, 0.15) is 5.76 Å². The molecule has 0 unspecified atom stereocenters. The van der Waals surface area contributed by atoms with E-state index in [2.05, 4.69) is 4.90 Å². The number of carbonyl (C=O) groups is 2. The van der Waals surface area contributed by atoms with Gasteiger partial charge < -0.3 is 19.6 Å². The Morgan fingerprint density at radius 1 is 1.00 bits per heavy atom. The van der Waals surface area contributed by atoms with Gasteiger partial charge in [-0.1, -0.05) is 42.0 Å². The third kappa shape index (κ3) is 5.00. The second-order valence-electron chi connectivity index (χ2n) is 9.15. The van der Waals surface area contributed by atoms with Gasteiger partial charge in [-0.2, -0.15) is 0 Å². The first-order valence-corrected chi connectivity index (χ1v) is 11.8. The molecular weight excluding hydrogens is 430 g/mol. The van der Waals surface area contributed by atoms with E-state index in [9.17, 15) is 14.7 Å². The van der Waals surface area contributed by atoms with Crippen LogP contribution in [0.3, 0.4) is 0 Å². The average molecular weight is 464 g/mol. The van der Waals surface area contributed by atoms with Gasteiger partial charge >= 0.3 is 0 Å². The number of morpholine rings is 1. The Labute approximate surface area is 201 Å². The predicted octanol–water partition coefficient (Wildman–Crippen LogP) is 3.21. The lowest BCUT2D eigenvalue weighted by Gasteiger charge is -2.29. The van der Waals surface area contributed by atoms with Crippen LogP contribution in [0.1, 0.15) is 29.2 Å². The molecule has 2 saturated heterocycles. The molecule has 34 heavy (non-hydrogen) atoms. The SMILES string of the molecule is Cc1ccc(C(O)=C2C(=O)C(=O)N(CCCN3CCOCC3)[C@@H]2c2ccc(N(C)C)cc2)cc1. The van der Waals surface area contributed by atoms with Crippen LogP contribution in [0.5, 0.6) is 0 Å². The van der Waals surface area contributed by atoms with Crippen molar-refractivity contribution in [1.29, 1.82) is 0 Å². The van der Waals surface area contributed by atoms with E-state index >= 15 is 0 Å². The fraction of sp³-hybridized carbons (Fsp3) is 0.407. The number of rotatable bonds is 7. The van der Waals surface area contributed by atoms with Gasteiger partial charge in [0.15, 0.2) is 0 Å². The Balaban J connectivity index is 1.67. The molecule has 2 aliphatic heterocycles. The molecular formula is C27H33N3O4. The number of aliphatic hydroxyl groups is 1. The zero-order valence-electron chi connectivity index (χ0n) is 20.2. The molecule has 0 spiro atoms. The number of nitrogens with zero attached hydrogens (tertiary/aromatic N) is 3. The van der Waals surface area contributed by atoms with Crippen LogP contribution >= 0.6 is 0 Å². The first-order chi connectivity index (χ1) is 16.4. The number of anilines is 1. The monoisotopic (exact) mass is 463 g/mol. The Morgan fingerprint density at radius 3 is 2.26 bits per heavy atom. The molecule has 7 heteroatoms. The van der Waals surface area contributed by atoms with Gasteiger partial charge in [-0.05, 0) is 31.0 Å². The lowest BCUT2D eigenvalue weighted by atomic mass is 9.94. The fourth-order valence-corrected chi connectivity index (χ4v) is 4.57. The lowest BCUT2D eigenvalue weighted by molar-refractivity contribution is -0.140. The predicted molar refractivity (Wildman–Crippen MR) is 133 cm³/mol. The maximum atomic E-state index is 13.2. The van der Waals surface area contributed by atoms with Crippen LogP contribution in [0.2, 0.25) is 0 Å². The van der Waals surface area contributed by atoms with Gasteiger partial charge in [0.2, 0.25) is 0 Å². The van der Waals surface area contributed by atoms with E-state index in [0.29, 0.717) is 12.1 Å². The Hall–Kier alpha value is -3.16. The Bertz CT molecular complexity index is 1050. The van der Waals surface area contributed by atoms with E-state index in [-0.39, 0.29) is 11.3 Å². The van der Waals surface area contributed by atoms with E-state index in [4.69, 9.17) is 4.74 Å². The molecule has 2 aromatic carbocycles. The molecule has 180 valence electrons. The van der Waals surface area contributed by atoms with E-state index < -0.39 is 17.7 Å². The highest BCUT2D eigenvalue weighted by atomic mass is 16.5. The largest absolute Gasteiger partial charge is 0.507 e. The summed E-state index contributed by atoms with van der Waals surface area (Å²) >= 11 is 0. The van der Waals surface area contributed by atoms with Crippen molar-refractivity contribution in [3.63, 3.8) is 0 Å². The normalized spacial score (nSPS) is 20.7. The van der Waals surface area contributed by atoms with E-state index in [1.54, 1.807) is 17.0 Å². The third-order valence-electron chi connectivity index (χ3n) is 6.57. The first kappa shape index (κ1) is 24.0. The Kier molecular flexibility index (Phi) is 7.34. The van der Waals surface area contributed by atoms with Crippen LogP contribution in [0, 0.1) is 6.92 Å². The topological polar surface area (TPSA) is 73.3 Å². The summed E-state index contributed by atoms with van der Waals surface area (Å²) in [5, 5.41) is 11.2. The van der Waals surface area contributed by atoms with Crippen molar-refractivity contribution in [3.8, 4) is 0 Å². The van der Waals surface area contributed by atoms with Crippen molar-refractivity contribution < 1.29 is 19.4 Å². The number of ether oxygens (including phenoxy) is 1. The molecule has 2 aromatic rings. The molecule has 1 N–H and O–H groups in total. The lowest BCUT2D eigenvalue weighted by Crippen LogP contribution is -2.38. The molecule has 0 aliphatic carbocycles. The maximum absolute atomic E-state index is 13.2. The van der Waals surface area contributed by atoms with Crippen LogP contribution in [-0.2, 0) is 14.3 Å². The van der Waals surface area contributed by atoms with Crippen molar-refractivity contribution in [1.82, 2.24) is 9.80 Å². The first-order valence-electron chi connectivity index (χ1n) is 11.8. The van der Waals surface area contributed by atoms with Crippen molar-refractivity contribution in [3.05, 3.63) is 70.8 Å². The minimum absolute atomic E-state index is 0.129. The van der Waals surface area contributed by atoms with Crippen LogP contribution in [-0.4, -0.2) is 80.1 Å². The second kappa shape index (κ2) is 10.4. The smallest absolute Gasteiger partial charge is 0.295 e. The van der Waals surface area contributed by atoms with Gasteiger partial charge in [-0.15, -0.1) is 0 Å². The fourth-order valence-electron chi connectivity index (χ4n) is 4.57. The highest BCUT2D eigenvalue weighted by Crippen LogP contribution is 2.39. The molecule has 0 saturated carbocycles. The quantitative estimate of drug-likeness (QED) is 0.386. The maximum Gasteiger partial charge on any atom is 0.295 e. The van der Waals surface area contributed by atoms with Gasteiger partial charge in [-0.3, -0.25) is 14.5 Å². The number of aliphatic hydroxyl groups excluding tert-OH is 1. The molecule has 1 amide bonds. The van der Waals surface area contributed by atoms with Crippen molar-refractivity contribution in [2.75, 3.05) is 58.4 Å². The molecule has 2 fully saturated rings. The Morgan fingerprint density at radius 2 is 1.65 bits per heavy atom. The number of ketones is 1. The average Bonchev–Trinajstić information content (AvgIpc) is 3.10. The number of hydrogen-bond acceptors (Lipinski definition) is 6. The van der Waals surface area contributed by atoms with Gasteiger partial charge in [-0.25, -0.2) is 0 Å². The van der Waals surface area contributed by atoms with Gasteiger partial charge in [0.25, 0.3) is 11.7 Å². The standard InChI is InChI=1S/C27H33N3O4/c1-19-5-7-21(8-6-19)25(31)23-24(20-9-11-22(12-10-20)28(2)3)30(27(33)26(23)32)14-4-13-29-15-17-34-18-16-29/h5-12,24,31H,4,13-18H2,1-3H3/t24-/m1/s1. The van der Waals surface area contributed by atoms with Gasteiger partial charge in [0, 0.05) is 51.5 Å². The van der Waals surface area contributed by atoms with E-state index in [1.807, 2.05) is 62.3 Å². The second-order valence-corrected chi connectivity index (χ2v) is 9.15. The summed E-state index contributed by atoms with van der Waals surface area (Å²) in [5.74, 6) is -1.32. The minimum Gasteiger partial charge on any atom is -0.507 e. The summed E-state index contributed by atoms with van der Waals surface area (Å²) in [5.41, 5.74) is 3.57. The summed E-state index contributed by atoms with van der Waals surface area (Å²) in [6.07, 6.45) is 0.740. The number of likely N-dealkylation sites (tertiary alicyclic amines) is 1. The van der Waals surface area contributed by atoms with E-state index in [0.717, 1.165) is 56.1 Å². The summed E-state index contributed by atoms with van der Waals surface area (Å²) in [4.78, 5) is 32.2. The summed E-state index contributed by atoms with van der Waals surface area (Å²) < 4.78 is 5.41. The number of aryl methyl sites for hydroxylation is 1. The minimum atomic E-state index is -0.633. The molecule has 0 aromatic heterocycles. The number of benzene rings is 2. The number of carbonyl (C=O) groups excluding carboxylic acids is 2. The zero-order chi connectivity index (χ0) is 24.2. The molecule has 4 rings (SSSR count). The van der Waals surface area contributed by atoms with Crippen molar-refractivity contribution in [2.24, 2.45) is 0 Å². The highest BCUT2D eigenvalue weighted by molar-refractivity contribution is 6.46. The van der Waals surface area contributed by atoms with Crippen molar-refractivity contribution >= 4 is 23.1 Å². The number of amides is 1. The van der Waals surface area contributed by atoms with Crippen LogP contribution in [0.15, 0.2) is 54.1 Å². The summed E-state index contributed by atoms with van der Waals surface area (Å²) in [6.45, 7) is 6.43. The van der Waals surface area contributed by atoms with Crippen LogP contribution in [0.4, 0.5) is 5.69 Å². The number of Topliss-reactive ketones (excluding diaryl/α,β-unsaturated/α-hetero) is 1. The van der Waals surface area contributed by atoms with Gasteiger partial charge in [0.05, 0.1) is 24.8 Å². The van der Waals surface area contributed by atoms with Crippen molar-refractivity contribution in [2.45, 2.75) is 19.4 Å². The molecule has 7 nitrogen and oxygen atoms in total. The summed E-state index contributed by atoms with van der Waals surface area (Å²) in [6, 6.07) is 14.5. The molecule has 2 aliphatic rings.